The molecule has 1 amide bonds. The molecule has 10 heteroatoms. The van der Waals surface area contributed by atoms with Gasteiger partial charge in [0.25, 0.3) is 5.91 Å². The molecule has 1 aromatic carbocycles. The van der Waals surface area contributed by atoms with Crippen molar-refractivity contribution in [2.75, 3.05) is 12.4 Å². The number of nitrogens with two attached hydrogens (primary N) is 2. The van der Waals surface area contributed by atoms with E-state index in [1.54, 1.807) is 37.7 Å². The lowest BCUT2D eigenvalue weighted by molar-refractivity contribution is -0.117. The van der Waals surface area contributed by atoms with Crippen LogP contribution in [0.4, 0.5) is 5.95 Å². The predicted molar refractivity (Wildman–Crippen MR) is 135 cm³/mol. The predicted octanol–water partition coefficient (Wildman–Crippen LogP) is 2.26. The highest BCUT2D eigenvalue weighted by Gasteiger charge is 2.12. The maximum atomic E-state index is 12.5. The SMILES string of the molecule is CN=CC(=CN)Nc1nccc(-c2ccc(CNC(=O)C(C=NC(C)(C)C)=CN)c(C#N)c2)n1. The molecule has 0 fully saturated rings. The van der Waals surface area contributed by atoms with Gasteiger partial charge >= 0.3 is 0 Å². The van der Waals surface area contributed by atoms with Crippen LogP contribution in [0.3, 0.4) is 0 Å². The fourth-order valence-electron chi connectivity index (χ4n) is 2.68. The molecule has 0 aliphatic heterocycles. The molecule has 0 spiro atoms. The third-order valence-corrected chi connectivity index (χ3v) is 4.36. The van der Waals surface area contributed by atoms with E-state index in [4.69, 9.17) is 11.5 Å². The monoisotopic (exact) mass is 459 g/mol. The number of nitrogens with one attached hydrogen (secondary N) is 2. The Bertz CT molecular complexity index is 1180. The zero-order chi connectivity index (χ0) is 25.1. The number of carbonyl (C=O) groups is 1. The number of hydrogen-bond acceptors (Lipinski definition) is 9. The molecule has 1 aromatic heterocycles. The minimum absolute atomic E-state index is 0.153. The minimum Gasteiger partial charge on any atom is -0.404 e. The van der Waals surface area contributed by atoms with Gasteiger partial charge in [-0.25, -0.2) is 9.97 Å². The van der Waals surface area contributed by atoms with Gasteiger partial charge in [0.05, 0.1) is 34.1 Å². The highest BCUT2D eigenvalue weighted by molar-refractivity contribution is 6.12. The summed E-state index contributed by atoms with van der Waals surface area (Å²) in [6, 6.07) is 9.21. The number of aromatic nitrogens is 2. The van der Waals surface area contributed by atoms with E-state index < -0.39 is 0 Å². The summed E-state index contributed by atoms with van der Waals surface area (Å²) >= 11 is 0. The molecule has 10 nitrogen and oxygen atoms in total. The molecule has 0 aliphatic carbocycles. The molecule has 0 radical (unpaired) electrons. The molecule has 2 aromatic rings. The molecule has 34 heavy (non-hydrogen) atoms. The highest BCUT2D eigenvalue weighted by atomic mass is 16.1. The van der Waals surface area contributed by atoms with Gasteiger partial charge in [-0.15, -0.1) is 0 Å². The van der Waals surface area contributed by atoms with Gasteiger partial charge in [0.1, 0.15) is 0 Å². The third kappa shape index (κ3) is 7.56. The number of benzene rings is 1. The van der Waals surface area contributed by atoms with Crippen molar-refractivity contribution in [2.24, 2.45) is 21.5 Å². The number of nitriles is 1. The van der Waals surface area contributed by atoms with Crippen LogP contribution in [0.5, 0.6) is 0 Å². The van der Waals surface area contributed by atoms with Crippen LogP contribution < -0.4 is 22.1 Å². The first-order valence-electron chi connectivity index (χ1n) is 10.4. The molecule has 0 unspecified atom stereocenters. The maximum Gasteiger partial charge on any atom is 0.254 e. The fraction of sp³-hybridized carbons (Fsp3) is 0.250. The van der Waals surface area contributed by atoms with E-state index in [1.807, 2.05) is 26.8 Å². The van der Waals surface area contributed by atoms with Crippen molar-refractivity contribution in [3.05, 3.63) is 65.3 Å². The lowest BCUT2D eigenvalue weighted by atomic mass is 10.0. The van der Waals surface area contributed by atoms with Crippen LogP contribution in [0.15, 0.2) is 64.1 Å². The summed E-state index contributed by atoms with van der Waals surface area (Å²) < 4.78 is 0. The second-order valence-electron chi connectivity index (χ2n) is 8.12. The van der Waals surface area contributed by atoms with E-state index in [9.17, 15) is 10.1 Å². The summed E-state index contributed by atoms with van der Waals surface area (Å²) in [4.78, 5) is 29.3. The zero-order valence-electron chi connectivity index (χ0n) is 19.7. The molecule has 6 N–H and O–H groups in total. The number of carbonyl (C=O) groups excluding carboxylic acids is 1. The number of nitrogens with zero attached hydrogens (tertiary/aromatic N) is 5. The molecular weight excluding hydrogens is 430 g/mol. The molecule has 0 atom stereocenters. The lowest BCUT2D eigenvalue weighted by Crippen LogP contribution is -2.26. The Morgan fingerprint density at radius 3 is 2.59 bits per heavy atom. The van der Waals surface area contributed by atoms with E-state index in [0.717, 1.165) is 5.56 Å². The summed E-state index contributed by atoms with van der Waals surface area (Å²) in [5.74, 6) is -0.0451. The van der Waals surface area contributed by atoms with Gasteiger partial charge in [-0.1, -0.05) is 12.1 Å². The van der Waals surface area contributed by atoms with Crippen LogP contribution >= 0.6 is 0 Å². The van der Waals surface area contributed by atoms with Crippen LogP contribution in [0.1, 0.15) is 31.9 Å². The van der Waals surface area contributed by atoms with E-state index >= 15 is 0 Å². The van der Waals surface area contributed by atoms with Crippen molar-refractivity contribution in [3.63, 3.8) is 0 Å². The quantitative estimate of drug-likeness (QED) is 0.347. The standard InChI is InChI=1S/C24H29N9O/c1-24(2,3)31-14-19(11-26)22(34)30-13-17-6-5-16(9-18(17)10-25)21-7-8-29-23(33-21)32-20(12-27)15-28-4/h5-9,11-12,14-15H,13,26-27H2,1-4H3,(H,30,34)(H,29,32,33). The average Bonchev–Trinajstić information content (AvgIpc) is 2.82. The van der Waals surface area contributed by atoms with E-state index in [2.05, 4.69) is 36.7 Å². The molecule has 0 aliphatic rings. The molecule has 0 saturated heterocycles. The molecule has 1 heterocycles. The first kappa shape index (κ1) is 25.7. The van der Waals surface area contributed by atoms with Crippen molar-refractivity contribution < 1.29 is 4.79 Å². The van der Waals surface area contributed by atoms with Gasteiger partial charge in [0, 0.05) is 50.2 Å². The second-order valence-corrected chi connectivity index (χ2v) is 8.12. The van der Waals surface area contributed by atoms with Crippen molar-refractivity contribution in [1.29, 1.82) is 5.26 Å². The van der Waals surface area contributed by atoms with E-state index in [0.29, 0.717) is 28.5 Å². The molecule has 2 rings (SSSR count). The molecule has 176 valence electrons. The summed E-state index contributed by atoms with van der Waals surface area (Å²) in [7, 11) is 1.63. The van der Waals surface area contributed by atoms with E-state index in [1.165, 1.54) is 18.6 Å². The Hall–Kier alpha value is -4.52. The second kappa shape index (κ2) is 11.9. The van der Waals surface area contributed by atoms with Crippen molar-refractivity contribution in [1.82, 2.24) is 15.3 Å². The number of rotatable bonds is 8. The number of anilines is 1. The minimum atomic E-state index is -0.380. The molecule has 0 saturated carbocycles. The fourth-order valence-corrected chi connectivity index (χ4v) is 2.68. The molecular formula is C24H29N9O. The zero-order valence-corrected chi connectivity index (χ0v) is 19.7. The number of allylic oxidation sites excluding steroid dienone is 1. The largest absolute Gasteiger partial charge is 0.404 e. The summed E-state index contributed by atoms with van der Waals surface area (Å²) in [6.07, 6.45) is 7.16. The van der Waals surface area contributed by atoms with Crippen LogP contribution in [-0.4, -0.2) is 40.9 Å². The number of aliphatic imine (C=N–C) groups is 2. The van der Waals surface area contributed by atoms with E-state index in [-0.39, 0.29) is 23.6 Å². The Morgan fingerprint density at radius 2 is 1.97 bits per heavy atom. The summed E-state index contributed by atoms with van der Waals surface area (Å²) in [6.45, 7) is 5.90. The van der Waals surface area contributed by atoms with Crippen LogP contribution in [0, 0.1) is 11.3 Å². The maximum absolute atomic E-state index is 12.5. The first-order chi connectivity index (χ1) is 16.2. The van der Waals surface area contributed by atoms with Gasteiger partial charge in [0.2, 0.25) is 5.95 Å². The van der Waals surface area contributed by atoms with Gasteiger partial charge in [-0.3, -0.25) is 14.8 Å². The van der Waals surface area contributed by atoms with Crippen molar-refractivity contribution in [2.45, 2.75) is 32.9 Å². The summed E-state index contributed by atoms with van der Waals surface area (Å²) in [5.41, 5.74) is 14.0. The molecule has 0 bridgehead atoms. The summed E-state index contributed by atoms with van der Waals surface area (Å²) in [5, 5.41) is 15.4. The van der Waals surface area contributed by atoms with Gasteiger partial charge in [0.15, 0.2) is 0 Å². The average molecular weight is 460 g/mol. The first-order valence-corrected chi connectivity index (χ1v) is 10.4. The van der Waals surface area contributed by atoms with Gasteiger partial charge in [-0.2, -0.15) is 5.26 Å². The highest BCUT2D eigenvalue weighted by Crippen LogP contribution is 2.22. The van der Waals surface area contributed by atoms with Crippen LogP contribution in [-0.2, 0) is 11.3 Å². The topological polar surface area (TPSA) is 167 Å². The van der Waals surface area contributed by atoms with Crippen LogP contribution in [0.25, 0.3) is 11.3 Å². The normalized spacial score (nSPS) is 12.7. The Morgan fingerprint density at radius 1 is 1.21 bits per heavy atom. The third-order valence-electron chi connectivity index (χ3n) is 4.36. The van der Waals surface area contributed by atoms with Gasteiger partial charge in [-0.05, 0) is 38.5 Å². The number of amides is 1. The Kier molecular flexibility index (Phi) is 9.02. The van der Waals surface area contributed by atoms with Gasteiger partial charge < -0.3 is 22.1 Å². The van der Waals surface area contributed by atoms with Crippen molar-refractivity contribution in [3.8, 4) is 17.3 Å². The Labute approximate surface area is 199 Å². The Balaban J connectivity index is 2.19. The lowest BCUT2D eigenvalue weighted by Gasteiger charge is -2.12. The van der Waals surface area contributed by atoms with Crippen LogP contribution in [0.2, 0.25) is 0 Å². The van der Waals surface area contributed by atoms with Crippen molar-refractivity contribution >= 4 is 24.3 Å². The smallest absolute Gasteiger partial charge is 0.254 e. The number of hydrogen-bond donors (Lipinski definition) is 4.